The molecule has 1 saturated heterocycles. The highest BCUT2D eigenvalue weighted by molar-refractivity contribution is 5.82. The standard InChI is InChI=1S/C27H30N4O2/c1-33-26-12-5-4-11-24(26)30-16-17-31-23-10-3-2-8-20(23)18-22(25(31)19-30)27(32)29-15-13-21-9-6-7-14-28-21/h2-12,14,22,25H,13,15-19H2,1H3,(H,29,32). The van der Waals surface area contributed by atoms with Gasteiger partial charge < -0.3 is 19.9 Å². The van der Waals surface area contributed by atoms with Gasteiger partial charge in [-0.1, -0.05) is 36.4 Å². The molecule has 1 amide bonds. The van der Waals surface area contributed by atoms with Crippen molar-refractivity contribution in [1.29, 1.82) is 0 Å². The van der Waals surface area contributed by atoms with Crippen LogP contribution in [0.4, 0.5) is 11.4 Å². The van der Waals surface area contributed by atoms with Crippen LogP contribution < -0.4 is 19.9 Å². The number of pyridine rings is 1. The SMILES string of the molecule is COc1ccccc1N1CCN2c3ccccc3CC(C(=O)NCCc3ccccn3)C2C1. The summed E-state index contributed by atoms with van der Waals surface area (Å²) in [7, 11) is 1.71. The molecule has 1 fully saturated rings. The molecular formula is C27H30N4O2. The van der Waals surface area contributed by atoms with E-state index in [2.05, 4.69) is 50.4 Å². The fourth-order valence-electron chi connectivity index (χ4n) is 5.16. The molecule has 0 saturated carbocycles. The summed E-state index contributed by atoms with van der Waals surface area (Å²) in [6.07, 6.45) is 3.28. The number of nitrogens with zero attached hydrogens (tertiary/aromatic N) is 3. The monoisotopic (exact) mass is 442 g/mol. The number of carbonyl (C=O) groups is 1. The van der Waals surface area contributed by atoms with Crippen molar-refractivity contribution in [3.05, 3.63) is 84.2 Å². The van der Waals surface area contributed by atoms with Crippen LogP contribution in [0.5, 0.6) is 5.75 Å². The molecule has 5 rings (SSSR count). The Kier molecular flexibility index (Phi) is 6.15. The smallest absolute Gasteiger partial charge is 0.225 e. The molecule has 6 heteroatoms. The van der Waals surface area contributed by atoms with E-state index in [-0.39, 0.29) is 17.9 Å². The van der Waals surface area contributed by atoms with E-state index in [0.29, 0.717) is 6.54 Å². The van der Waals surface area contributed by atoms with Crippen molar-refractivity contribution in [2.75, 3.05) is 43.1 Å². The lowest BCUT2D eigenvalue weighted by molar-refractivity contribution is -0.125. The Morgan fingerprint density at radius 1 is 1.03 bits per heavy atom. The zero-order valence-corrected chi connectivity index (χ0v) is 19.0. The van der Waals surface area contributed by atoms with Crippen LogP contribution in [0.2, 0.25) is 0 Å². The highest BCUT2D eigenvalue weighted by atomic mass is 16.5. The summed E-state index contributed by atoms with van der Waals surface area (Å²) in [5.74, 6) is 0.886. The number of hydrogen-bond donors (Lipinski definition) is 1. The van der Waals surface area contributed by atoms with Crippen molar-refractivity contribution < 1.29 is 9.53 Å². The number of hydrogen-bond acceptors (Lipinski definition) is 5. The second kappa shape index (κ2) is 9.53. The van der Waals surface area contributed by atoms with Crippen LogP contribution >= 0.6 is 0 Å². The molecule has 1 N–H and O–H groups in total. The van der Waals surface area contributed by atoms with Crippen LogP contribution in [0.1, 0.15) is 11.3 Å². The second-order valence-corrected chi connectivity index (χ2v) is 8.68. The van der Waals surface area contributed by atoms with Crippen LogP contribution in [0, 0.1) is 5.92 Å². The molecule has 3 aromatic rings. The number of ether oxygens (including phenoxy) is 1. The van der Waals surface area contributed by atoms with Crippen LogP contribution in [0.25, 0.3) is 0 Å². The normalized spacial score (nSPS) is 19.4. The van der Waals surface area contributed by atoms with Gasteiger partial charge in [0.05, 0.1) is 24.8 Å². The first-order valence-corrected chi connectivity index (χ1v) is 11.6. The van der Waals surface area contributed by atoms with Crippen LogP contribution in [-0.4, -0.2) is 50.2 Å². The average molecular weight is 443 g/mol. The highest BCUT2D eigenvalue weighted by Crippen LogP contribution is 2.38. The lowest BCUT2D eigenvalue weighted by Crippen LogP contribution is -2.61. The maximum atomic E-state index is 13.4. The molecule has 2 atom stereocenters. The molecule has 0 aliphatic carbocycles. The topological polar surface area (TPSA) is 57.7 Å². The number of amides is 1. The third-order valence-electron chi connectivity index (χ3n) is 6.79. The number of piperazine rings is 1. The van der Waals surface area contributed by atoms with Gasteiger partial charge in [-0.15, -0.1) is 0 Å². The van der Waals surface area contributed by atoms with Gasteiger partial charge >= 0.3 is 0 Å². The van der Waals surface area contributed by atoms with Gasteiger partial charge in [0.25, 0.3) is 0 Å². The highest BCUT2D eigenvalue weighted by Gasteiger charge is 2.41. The maximum absolute atomic E-state index is 13.4. The number of aromatic nitrogens is 1. The quantitative estimate of drug-likeness (QED) is 0.635. The van der Waals surface area contributed by atoms with Gasteiger partial charge in [0, 0.05) is 50.2 Å². The van der Waals surface area contributed by atoms with E-state index in [1.165, 1.54) is 11.3 Å². The molecule has 2 aliphatic rings. The largest absolute Gasteiger partial charge is 0.495 e. The molecule has 2 aromatic carbocycles. The Bertz CT molecular complexity index is 1100. The van der Waals surface area contributed by atoms with E-state index in [4.69, 9.17) is 4.74 Å². The van der Waals surface area contributed by atoms with E-state index in [1.54, 1.807) is 13.3 Å². The number of fused-ring (bicyclic) bond motifs is 3. The molecule has 6 nitrogen and oxygen atoms in total. The van der Waals surface area contributed by atoms with Crippen LogP contribution in [0.15, 0.2) is 72.9 Å². The fraction of sp³-hybridized carbons (Fsp3) is 0.333. The van der Waals surface area contributed by atoms with Gasteiger partial charge in [0.2, 0.25) is 5.91 Å². The summed E-state index contributed by atoms with van der Waals surface area (Å²) < 4.78 is 5.62. The summed E-state index contributed by atoms with van der Waals surface area (Å²) in [4.78, 5) is 22.6. The molecule has 33 heavy (non-hydrogen) atoms. The van der Waals surface area contributed by atoms with E-state index in [9.17, 15) is 4.79 Å². The number of anilines is 2. The predicted octanol–water partition coefficient (Wildman–Crippen LogP) is 3.32. The first kappa shape index (κ1) is 21.3. The van der Waals surface area contributed by atoms with Gasteiger partial charge in [-0.2, -0.15) is 0 Å². The summed E-state index contributed by atoms with van der Waals surface area (Å²) >= 11 is 0. The van der Waals surface area contributed by atoms with Gasteiger partial charge in [-0.3, -0.25) is 9.78 Å². The van der Waals surface area contributed by atoms with E-state index < -0.39 is 0 Å². The third-order valence-corrected chi connectivity index (χ3v) is 6.79. The minimum absolute atomic E-state index is 0.105. The first-order valence-electron chi connectivity index (χ1n) is 11.6. The Hall–Kier alpha value is -3.54. The van der Waals surface area contributed by atoms with Gasteiger partial charge in [-0.25, -0.2) is 0 Å². The van der Waals surface area contributed by atoms with Gasteiger partial charge in [-0.05, 0) is 42.3 Å². The van der Waals surface area contributed by atoms with Crippen molar-refractivity contribution in [3.63, 3.8) is 0 Å². The molecule has 2 aliphatic heterocycles. The van der Waals surface area contributed by atoms with Gasteiger partial charge in [0.1, 0.15) is 5.75 Å². The van der Waals surface area contributed by atoms with Crippen molar-refractivity contribution in [1.82, 2.24) is 10.3 Å². The van der Waals surface area contributed by atoms with Crippen molar-refractivity contribution in [2.45, 2.75) is 18.9 Å². The minimum atomic E-state index is -0.110. The van der Waals surface area contributed by atoms with E-state index >= 15 is 0 Å². The predicted molar refractivity (Wildman–Crippen MR) is 131 cm³/mol. The molecular weight excluding hydrogens is 412 g/mol. The number of carbonyl (C=O) groups excluding carboxylic acids is 1. The lowest BCUT2D eigenvalue weighted by Gasteiger charge is -2.49. The Morgan fingerprint density at radius 2 is 1.82 bits per heavy atom. The first-order chi connectivity index (χ1) is 16.2. The Morgan fingerprint density at radius 3 is 2.64 bits per heavy atom. The van der Waals surface area contributed by atoms with Gasteiger partial charge in [0.15, 0.2) is 0 Å². The van der Waals surface area contributed by atoms with Crippen LogP contribution in [0.3, 0.4) is 0 Å². The molecule has 3 heterocycles. The number of rotatable bonds is 6. The molecule has 170 valence electrons. The maximum Gasteiger partial charge on any atom is 0.225 e. The Balaban J connectivity index is 1.36. The van der Waals surface area contributed by atoms with E-state index in [0.717, 1.165) is 49.6 Å². The summed E-state index contributed by atoms with van der Waals surface area (Å²) in [6, 6.07) is 22.6. The lowest BCUT2D eigenvalue weighted by atomic mass is 9.83. The van der Waals surface area contributed by atoms with E-state index in [1.807, 2.05) is 36.4 Å². The minimum Gasteiger partial charge on any atom is -0.495 e. The van der Waals surface area contributed by atoms with Crippen molar-refractivity contribution in [3.8, 4) is 5.75 Å². The number of methoxy groups -OCH3 is 1. The summed E-state index contributed by atoms with van der Waals surface area (Å²) in [5.41, 5.74) is 4.60. The Labute approximate surface area is 195 Å². The zero-order chi connectivity index (χ0) is 22.6. The van der Waals surface area contributed by atoms with Crippen LogP contribution in [-0.2, 0) is 17.6 Å². The molecule has 2 unspecified atom stereocenters. The molecule has 1 aromatic heterocycles. The zero-order valence-electron chi connectivity index (χ0n) is 19.0. The number of nitrogens with one attached hydrogen (secondary N) is 1. The molecule has 0 radical (unpaired) electrons. The number of benzene rings is 2. The number of para-hydroxylation sites is 3. The molecule has 0 spiro atoms. The summed E-state index contributed by atoms with van der Waals surface area (Å²) in [5, 5.41) is 3.19. The fourth-order valence-corrected chi connectivity index (χ4v) is 5.16. The molecule has 0 bridgehead atoms. The second-order valence-electron chi connectivity index (χ2n) is 8.68. The van der Waals surface area contributed by atoms with Crippen molar-refractivity contribution >= 4 is 17.3 Å². The third kappa shape index (κ3) is 4.38. The average Bonchev–Trinajstić information content (AvgIpc) is 2.88. The summed E-state index contributed by atoms with van der Waals surface area (Å²) in [6.45, 7) is 3.14. The van der Waals surface area contributed by atoms with Crippen molar-refractivity contribution in [2.24, 2.45) is 5.92 Å².